The molecule has 2 atom stereocenters. The number of nitrogens with one attached hydrogen (secondary N) is 1. The van der Waals surface area contributed by atoms with Crippen LogP contribution in [0.15, 0.2) is 29.2 Å². The zero-order valence-electron chi connectivity index (χ0n) is 9.44. The Morgan fingerprint density at radius 3 is 2.61 bits per heavy atom. The predicted octanol–water partition coefficient (Wildman–Crippen LogP) is 1.03. The van der Waals surface area contributed by atoms with Crippen LogP contribution in [0.5, 0.6) is 0 Å². The average molecular weight is 272 g/mol. The van der Waals surface area contributed by atoms with Crippen molar-refractivity contribution in [1.82, 2.24) is 4.72 Å². The van der Waals surface area contributed by atoms with E-state index >= 15 is 0 Å². The SMILES string of the molecule is C[C@H](O)[C@H](NSc1ccccc1[N+](=O)[O-])C(=O)O. The van der Waals surface area contributed by atoms with E-state index in [2.05, 4.69) is 4.72 Å². The molecule has 98 valence electrons. The fraction of sp³-hybridized carbons (Fsp3) is 0.300. The summed E-state index contributed by atoms with van der Waals surface area (Å²) in [6.07, 6.45) is -1.11. The van der Waals surface area contributed by atoms with Crippen LogP contribution in [0, 0.1) is 10.1 Å². The van der Waals surface area contributed by atoms with Gasteiger partial charge in [-0.05, 0) is 24.9 Å². The lowest BCUT2D eigenvalue weighted by atomic mass is 10.2. The largest absolute Gasteiger partial charge is 0.480 e. The van der Waals surface area contributed by atoms with Crippen LogP contribution in [0.1, 0.15) is 6.92 Å². The number of hydrogen-bond donors (Lipinski definition) is 3. The van der Waals surface area contributed by atoms with Crippen LogP contribution in [-0.2, 0) is 4.79 Å². The van der Waals surface area contributed by atoms with E-state index in [1.165, 1.54) is 25.1 Å². The molecular formula is C10H12N2O5S. The number of hydrogen-bond acceptors (Lipinski definition) is 6. The number of carboxylic acid groups (broad SMARTS) is 1. The molecule has 0 saturated carbocycles. The van der Waals surface area contributed by atoms with Crippen LogP contribution >= 0.6 is 11.9 Å². The summed E-state index contributed by atoms with van der Waals surface area (Å²) in [4.78, 5) is 21.3. The first kappa shape index (κ1) is 14.4. The Morgan fingerprint density at radius 1 is 1.50 bits per heavy atom. The number of nitrogens with zero attached hydrogens (tertiary/aromatic N) is 1. The van der Waals surface area contributed by atoms with E-state index < -0.39 is 23.0 Å². The Labute approximate surface area is 107 Å². The lowest BCUT2D eigenvalue weighted by Gasteiger charge is -2.15. The molecule has 0 aliphatic heterocycles. The van der Waals surface area contributed by atoms with Crippen molar-refractivity contribution in [2.24, 2.45) is 0 Å². The van der Waals surface area contributed by atoms with Crippen molar-refractivity contribution >= 4 is 23.6 Å². The lowest BCUT2D eigenvalue weighted by Crippen LogP contribution is -2.41. The molecule has 0 fully saturated rings. The second-order valence-electron chi connectivity index (χ2n) is 3.50. The molecule has 0 aromatic heterocycles. The molecule has 0 saturated heterocycles. The van der Waals surface area contributed by atoms with Gasteiger partial charge in [-0.1, -0.05) is 12.1 Å². The Balaban J connectivity index is 2.79. The quantitative estimate of drug-likeness (QED) is 0.402. The molecular weight excluding hydrogens is 260 g/mol. The third-order valence-electron chi connectivity index (χ3n) is 2.11. The first-order chi connectivity index (χ1) is 8.43. The summed E-state index contributed by atoms with van der Waals surface area (Å²) in [5, 5.41) is 28.8. The molecule has 0 heterocycles. The van der Waals surface area contributed by atoms with Gasteiger partial charge in [-0.2, -0.15) is 0 Å². The summed E-state index contributed by atoms with van der Waals surface area (Å²) in [6.45, 7) is 1.33. The Kier molecular flexibility index (Phi) is 5.08. The monoisotopic (exact) mass is 272 g/mol. The number of rotatable bonds is 6. The molecule has 1 aromatic rings. The van der Waals surface area contributed by atoms with Crippen molar-refractivity contribution in [3.05, 3.63) is 34.4 Å². The number of nitro benzene ring substituents is 1. The number of nitro groups is 1. The Hall–Kier alpha value is -1.64. The Bertz CT molecular complexity index is 452. The summed E-state index contributed by atoms with van der Waals surface area (Å²) < 4.78 is 2.49. The maximum atomic E-state index is 10.8. The molecule has 18 heavy (non-hydrogen) atoms. The number of benzene rings is 1. The molecule has 0 aliphatic rings. The van der Waals surface area contributed by atoms with E-state index in [0.29, 0.717) is 0 Å². The molecule has 0 bridgehead atoms. The highest BCUT2D eigenvalue weighted by Crippen LogP contribution is 2.27. The van der Waals surface area contributed by atoms with Gasteiger partial charge < -0.3 is 10.2 Å². The molecule has 0 unspecified atom stereocenters. The first-order valence-corrected chi connectivity index (χ1v) is 5.81. The first-order valence-electron chi connectivity index (χ1n) is 5.00. The van der Waals surface area contributed by atoms with Gasteiger partial charge in [0.2, 0.25) is 0 Å². The summed E-state index contributed by atoms with van der Waals surface area (Å²) in [6, 6.07) is 4.74. The van der Waals surface area contributed by atoms with Crippen molar-refractivity contribution in [3.8, 4) is 0 Å². The zero-order chi connectivity index (χ0) is 13.7. The zero-order valence-corrected chi connectivity index (χ0v) is 10.3. The number of aliphatic hydroxyl groups excluding tert-OH is 1. The number of aliphatic hydroxyl groups is 1. The van der Waals surface area contributed by atoms with E-state index in [1.54, 1.807) is 6.07 Å². The molecule has 0 amide bonds. The van der Waals surface area contributed by atoms with E-state index in [0.717, 1.165) is 11.9 Å². The van der Waals surface area contributed by atoms with E-state index in [1.807, 2.05) is 0 Å². The van der Waals surface area contributed by atoms with Crippen molar-refractivity contribution in [3.63, 3.8) is 0 Å². The highest BCUT2D eigenvalue weighted by Gasteiger charge is 2.24. The van der Waals surface area contributed by atoms with Gasteiger partial charge in [-0.25, -0.2) is 4.72 Å². The lowest BCUT2D eigenvalue weighted by molar-refractivity contribution is -0.387. The van der Waals surface area contributed by atoms with Crippen molar-refractivity contribution in [2.45, 2.75) is 24.0 Å². The van der Waals surface area contributed by atoms with Gasteiger partial charge in [-0.15, -0.1) is 0 Å². The fourth-order valence-corrected chi connectivity index (χ4v) is 2.12. The fourth-order valence-electron chi connectivity index (χ4n) is 1.18. The minimum Gasteiger partial charge on any atom is -0.480 e. The molecule has 1 rings (SSSR count). The van der Waals surface area contributed by atoms with Crippen LogP contribution in [0.2, 0.25) is 0 Å². The van der Waals surface area contributed by atoms with Gasteiger partial charge in [0, 0.05) is 6.07 Å². The van der Waals surface area contributed by atoms with E-state index in [9.17, 15) is 20.0 Å². The molecule has 0 spiro atoms. The summed E-state index contributed by atoms with van der Waals surface area (Å²) in [5.41, 5.74) is -0.121. The van der Waals surface area contributed by atoms with Gasteiger partial charge in [0.1, 0.15) is 10.9 Å². The van der Waals surface area contributed by atoms with Gasteiger partial charge >= 0.3 is 5.97 Å². The van der Waals surface area contributed by atoms with E-state index in [4.69, 9.17) is 5.11 Å². The smallest absolute Gasteiger partial charge is 0.324 e. The van der Waals surface area contributed by atoms with Gasteiger partial charge in [-0.3, -0.25) is 14.9 Å². The standard InChI is InChI=1S/C10H12N2O5S/c1-6(13)9(10(14)15)11-18-8-5-3-2-4-7(8)12(16)17/h2-6,9,11,13H,1H3,(H,14,15)/t6-,9-/m0/s1. The average Bonchev–Trinajstić information content (AvgIpc) is 2.28. The third kappa shape index (κ3) is 3.69. The van der Waals surface area contributed by atoms with Gasteiger partial charge in [0.05, 0.1) is 11.0 Å². The Morgan fingerprint density at radius 2 is 2.11 bits per heavy atom. The molecule has 3 N–H and O–H groups in total. The van der Waals surface area contributed by atoms with Crippen LogP contribution in [-0.4, -0.2) is 33.3 Å². The van der Waals surface area contributed by atoms with Crippen molar-refractivity contribution < 1.29 is 19.9 Å². The maximum absolute atomic E-state index is 10.8. The highest BCUT2D eigenvalue weighted by atomic mass is 32.2. The molecule has 0 aliphatic carbocycles. The summed E-state index contributed by atoms with van der Waals surface area (Å²) in [7, 11) is 0. The number of para-hydroxylation sites is 1. The van der Waals surface area contributed by atoms with Gasteiger partial charge in [0.25, 0.3) is 5.69 Å². The van der Waals surface area contributed by atoms with Crippen LogP contribution < -0.4 is 4.72 Å². The van der Waals surface area contributed by atoms with Crippen molar-refractivity contribution in [2.75, 3.05) is 0 Å². The normalized spacial score (nSPS) is 13.9. The second kappa shape index (κ2) is 6.34. The minimum atomic E-state index is -1.23. The van der Waals surface area contributed by atoms with Crippen LogP contribution in [0.3, 0.4) is 0 Å². The van der Waals surface area contributed by atoms with Crippen molar-refractivity contribution in [1.29, 1.82) is 0 Å². The number of carbonyl (C=O) groups is 1. The predicted molar refractivity (Wildman–Crippen MR) is 65.2 cm³/mol. The highest BCUT2D eigenvalue weighted by molar-refractivity contribution is 7.97. The summed E-state index contributed by atoms with van der Waals surface area (Å²) >= 11 is 0.808. The van der Waals surface area contributed by atoms with E-state index in [-0.39, 0.29) is 10.6 Å². The molecule has 7 nitrogen and oxygen atoms in total. The topological polar surface area (TPSA) is 113 Å². The maximum Gasteiger partial charge on any atom is 0.324 e. The third-order valence-corrected chi connectivity index (χ3v) is 3.04. The molecule has 1 aromatic carbocycles. The summed E-state index contributed by atoms with van der Waals surface area (Å²) in [5.74, 6) is -1.23. The van der Waals surface area contributed by atoms with Crippen LogP contribution in [0.4, 0.5) is 5.69 Å². The molecule has 0 radical (unpaired) electrons. The number of carboxylic acids is 1. The second-order valence-corrected chi connectivity index (χ2v) is 4.38. The minimum absolute atomic E-state index is 0.121. The number of aliphatic carboxylic acids is 1. The van der Waals surface area contributed by atoms with Gasteiger partial charge in [0.15, 0.2) is 0 Å². The molecule has 8 heteroatoms. The van der Waals surface area contributed by atoms with Crippen LogP contribution in [0.25, 0.3) is 0 Å².